The van der Waals surface area contributed by atoms with Gasteiger partial charge < -0.3 is 10.4 Å². The Bertz CT molecular complexity index is 464. The predicted molar refractivity (Wildman–Crippen MR) is 81.2 cm³/mol. The van der Waals surface area contributed by atoms with E-state index in [9.17, 15) is 14.7 Å². The van der Waals surface area contributed by atoms with Crippen molar-refractivity contribution in [3.05, 3.63) is 22.4 Å². The number of likely N-dealkylation sites (tertiary alicyclic amines) is 1. The van der Waals surface area contributed by atoms with Crippen LogP contribution in [-0.4, -0.2) is 54.2 Å². The topological polar surface area (TPSA) is 81.7 Å². The molecule has 1 saturated heterocycles. The maximum Gasteiger partial charge on any atom is 0.321 e. The zero-order valence-electron chi connectivity index (χ0n) is 11.9. The molecule has 0 aliphatic carbocycles. The van der Waals surface area contributed by atoms with Crippen molar-refractivity contribution >= 4 is 23.3 Å². The minimum absolute atomic E-state index is 0.148. The van der Waals surface area contributed by atoms with Crippen LogP contribution < -0.4 is 10.6 Å². The van der Waals surface area contributed by atoms with E-state index < -0.39 is 6.03 Å². The number of rotatable bonds is 5. The molecule has 1 unspecified atom stereocenters. The Kier molecular flexibility index (Phi) is 6.16. The largest absolute Gasteiger partial charge is 0.392 e. The Balaban J connectivity index is 1.61. The third-order valence-electron chi connectivity index (χ3n) is 3.34. The highest BCUT2D eigenvalue weighted by Crippen LogP contribution is 2.09. The summed E-state index contributed by atoms with van der Waals surface area (Å²) in [6.07, 6.45) is 2.05. The van der Waals surface area contributed by atoms with Crippen molar-refractivity contribution in [3.8, 4) is 0 Å². The zero-order valence-corrected chi connectivity index (χ0v) is 12.7. The summed E-state index contributed by atoms with van der Waals surface area (Å²) in [7, 11) is 0. The van der Waals surface area contributed by atoms with E-state index in [-0.39, 0.29) is 18.6 Å². The van der Waals surface area contributed by atoms with Crippen LogP contribution in [0.5, 0.6) is 0 Å². The molecule has 116 valence electrons. The van der Waals surface area contributed by atoms with Crippen molar-refractivity contribution in [2.24, 2.45) is 0 Å². The van der Waals surface area contributed by atoms with Crippen molar-refractivity contribution in [1.29, 1.82) is 0 Å². The molecule has 0 radical (unpaired) electrons. The van der Waals surface area contributed by atoms with Gasteiger partial charge in [0.05, 0.1) is 12.6 Å². The van der Waals surface area contributed by atoms with Crippen molar-refractivity contribution in [3.63, 3.8) is 0 Å². The Labute approximate surface area is 128 Å². The van der Waals surface area contributed by atoms with Crippen molar-refractivity contribution in [1.82, 2.24) is 15.5 Å². The highest BCUT2D eigenvalue weighted by atomic mass is 32.1. The molecule has 1 aliphatic heterocycles. The fraction of sp³-hybridized carbons (Fsp3) is 0.571. The van der Waals surface area contributed by atoms with Crippen LogP contribution in [0.2, 0.25) is 0 Å². The number of urea groups is 1. The molecule has 21 heavy (non-hydrogen) atoms. The van der Waals surface area contributed by atoms with Crippen LogP contribution in [0, 0.1) is 0 Å². The van der Waals surface area contributed by atoms with Gasteiger partial charge in [0.1, 0.15) is 0 Å². The van der Waals surface area contributed by atoms with Gasteiger partial charge in [-0.25, -0.2) is 4.79 Å². The molecule has 1 aromatic heterocycles. The second kappa shape index (κ2) is 8.11. The van der Waals surface area contributed by atoms with E-state index in [2.05, 4.69) is 10.6 Å². The van der Waals surface area contributed by atoms with Crippen LogP contribution in [0.4, 0.5) is 4.79 Å². The molecule has 7 heteroatoms. The molecule has 0 saturated carbocycles. The molecule has 3 amide bonds. The molecule has 2 heterocycles. The Hall–Kier alpha value is -1.44. The summed E-state index contributed by atoms with van der Waals surface area (Å²) in [6, 6.07) is 3.52. The summed E-state index contributed by atoms with van der Waals surface area (Å²) >= 11 is 1.64. The number of hydrogen-bond donors (Lipinski definition) is 3. The number of aliphatic hydroxyl groups is 1. The zero-order chi connectivity index (χ0) is 15.1. The number of piperidine rings is 1. The number of aliphatic hydroxyl groups excluding tert-OH is 1. The number of hydrogen-bond acceptors (Lipinski definition) is 5. The maximum absolute atomic E-state index is 11.7. The van der Waals surface area contributed by atoms with Crippen LogP contribution in [0.3, 0.4) is 0 Å². The van der Waals surface area contributed by atoms with Gasteiger partial charge in [-0.2, -0.15) is 0 Å². The average Bonchev–Trinajstić information content (AvgIpc) is 2.91. The average molecular weight is 311 g/mol. The first-order valence-electron chi connectivity index (χ1n) is 7.14. The third kappa shape index (κ3) is 5.82. The van der Waals surface area contributed by atoms with E-state index in [1.54, 1.807) is 11.3 Å². The van der Waals surface area contributed by atoms with Gasteiger partial charge in [0, 0.05) is 18.0 Å². The number of thiophene rings is 1. The lowest BCUT2D eigenvalue weighted by molar-refractivity contribution is -0.121. The molecule has 0 bridgehead atoms. The van der Waals surface area contributed by atoms with Crippen LogP contribution >= 0.6 is 11.3 Å². The molecule has 3 N–H and O–H groups in total. The lowest BCUT2D eigenvalue weighted by Gasteiger charge is -2.29. The van der Waals surface area contributed by atoms with Gasteiger partial charge in [0.15, 0.2) is 0 Å². The van der Waals surface area contributed by atoms with E-state index in [1.165, 1.54) is 4.88 Å². The Morgan fingerprint density at radius 3 is 3.05 bits per heavy atom. The van der Waals surface area contributed by atoms with E-state index in [1.807, 2.05) is 22.4 Å². The number of amides is 3. The number of β-amino-alcohol motifs (C(OH)–C–C–N with tert-alkyl or cyclic N) is 1. The lowest BCUT2D eigenvalue weighted by atomic mass is 10.1. The quantitative estimate of drug-likeness (QED) is 0.743. The second-order valence-corrected chi connectivity index (χ2v) is 6.20. The SMILES string of the molecule is O=C(CN1CCCC(O)C1)NC(=O)NCCc1cccs1. The number of imide groups is 1. The summed E-state index contributed by atoms with van der Waals surface area (Å²) in [5.41, 5.74) is 0. The number of carbonyl (C=O) groups excluding carboxylic acids is 2. The van der Waals surface area contributed by atoms with Gasteiger partial charge in [0.25, 0.3) is 0 Å². The van der Waals surface area contributed by atoms with Gasteiger partial charge in [-0.15, -0.1) is 11.3 Å². The highest BCUT2D eigenvalue weighted by Gasteiger charge is 2.20. The first kappa shape index (κ1) is 15.9. The first-order chi connectivity index (χ1) is 10.1. The summed E-state index contributed by atoms with van der Waals surface area (Å²) in [6.45, 7) is 1.93. The normalized spacial score (nSPS) is 19.2. The van der Waals surface area contributed by atoms with Gasteiger partial charge in [-0.1, -0.05) is 6.07 Å². The summed E-state index contributed by atoms with van der Waals surface area (Å²) in [5, 5.41) is 16.5. The fourth-order valence-electron chi connectivity index (χ4n) is 2.34. The third-order valence-corrected chi connectivity index (χ3v) is 4.27. The first-order valence-corrected chi connectivity index (χ1v) is 8.02. The molecular weight excluding hydrogens is 290 g/mol. The number of nitrogens with one attached hydrogen (secondary N) is 2. The van der Waals surface area contributed by atoms with Crippen LogP contribution in [-0.2, 0) is 11.2 Å². The Morgan fingerprint density at radius 1 is 1.48 bits per heavy atom. The molecule has 0 spiro atoms. The van der Waals surface area contributed by atoms with Gasteiger partial charge >= 0.3 is 6.03 Å². The highest BCUT2D eigenvalue weighted by molar-refractivity contribution is 7.09. The summed E-state index contributed by atoms with van der Waals surface area (Å²) < 4.78 is 0. The summed E-state index contributed by atoms with van der Waals surface area (Å²) in [4.78, 5) is 26.4. The fourth-order valence-corrected chi connectivity index (χ4v) is 3.05. The minimum atomic E-state index is -0.464. The van der Waals surface area contributed by atoms with E-state index in [0.29, 0.717) is 13.1 Å². The molecule has 1 aromatic rings. The number of carbonyl (C=O) groups is 2. The summed E-state index contributed by atoms with van der Waals surface area (Å²) in [5.74, 6) is -0.335. The van der Waals surface area contributed by atoms with Crippen LogP contribution in [0.15, 0.2) is 17.5 Å². The van der Waals surface area contributed by atoms with Crippen molar-refractivity contribution in [2.75, 3.05) is 26.2 Å². The molecule has 1 fully saturated rings. The molecule has 1 aliphatic rings. The van der Waals surface area contributed by atoms with Crippen molar-refractivity contribution in [2.45, 2.75) is 25.4 Å². The minimum Gasteiger partial charge on any atom is -0.392 e. The molecule has 2 rings (SSSR count). The van der Waals surface area contributed by atoms with Crippen molar-refractivity contribution < 1.29 is 14.7 Å². The second-order valence-electron chi connectivity index (χ2n) is 5.16. The van der Waals surface area contributed by atoms with E-state index in [4.69, 9.17) is 0 Å². The van der Waals surface area contributed by atoms with Crippen LogP contribution in [0.25, 0.3) is 0 Å². The Morgan fingerprint density at radius 2 is 2.33 bits per heavy atom. The predicted octanol–water partition coefficient (Wildman–Crippen LogP) is 0.573. The monoisotopic (exact) mass is 311 g/mol. The molecular formula is C14H21N3O3S. The van der Waals surface area contributed by atoms with Gasteiger partial charge in [-0.05, 0) is 37.3 Å². The lowest BCUT2D eigenvalue weighted by Crippen LogP contribution is -2.47. The molecule has 1 atom stereocenters. The standard InChI is InChI=1S/C14H21N3O3S/c18-11-3-1-7-17(9-11)10-13(19)16-14(20)15-6-5-12-4-2-8-21-12/h2,4,8,11,18H,1,3,5-7,9-10H2,(H2,15,16,19,20). The van der Waals surface area contributed by atoms with Crippen LogP contribution in [0.1, 0.15) is 17.7 Å². The smallest absolute Gasteiger partial charge is 0.321 e. The maximum atomic E-state index is 11.7. The van der Waals surface area contributed by atoms with Gasteiger partial charge in [-0.3, -0.25) is 15.0 Å². The van der Waals surface area contributed by atoms with Gasteiger partial charge in [0.2, 0.25) is 5.91 Å². The van der Waals surface area contributed by atoms with E-state index >= 15 is 0 Å². The number of nitrogens with zero attached hydrogens (tertiary/aromatic N) is 1. The molecule has 0 aromatic carbocycles. The molecule has 6 nitrogen and oxygen atoms in total. The van der Waals surface area contributed by atoms with E-state index in [0.717, 1.165) is 25.8 Å².